The predicted octanol–water partition coefficient (Wildman–Crippen LogP) is 4.35. The summed E-state index contributed by atoms with van der Waals surface area (Å²) < 4.78 is 26.0. The molecule has 2 aromatic carbocycles. The summed E-state index contributed by atoms with van der Waals surface area (Å²) in [4.78, 5) is 18.1. The molecule has 3 rings (SSSR count). The highest BCUT2D eigenvalue weighted by atomic mass is 35.5. The molecule has 6 nitrogen and oxygen atoms in total. The topological polar surface area (TPSA) is 88.2 Å². The first-order chi connectivity index (χ1) is 14.8. The van der Waals surface area contributed by atoms with E-state index in [4.69, 9.17) is 11.6 Å². The molecule has 0 aliphatic heterocycles. The van der Waals surface area contributed by atoms with Crippen molar-refractivity contribution in [2.75, 3.05) is 12.8 Å². The average molecular weight is 476 g/mol. The molecule has 2 N–H and O–H groups in total. The Morgan fingerprint density at radius 2 is 1.81 bits per heavy atom. The van der Waals surface area contributed by atoms with Crippen molar-refractivity contribution in [2.24, 2.45) is 0 Å². The number of hydrogen-bond donors (Lipinski definition) is 2. The second-order valence-electron chi connectivity index (χ2n) is 6.56. The molecule has 3 aromatic rings. The van der Waals surface area contributed by atoms with Gasteiger partial charge in [0.15, 0.2) is 0 Å². The van der Waals surface area contributed by atoms with E-state index < -0.39 is 10.0 Å². The lowest BCUT2D eigenvalue weighted by Crippen LogP contribution is -2.23. The summed E-state index contributed by atoms with van der Waals surface area (Å²) in [6.07, 6.45) is 3.22. The standard InChI is InChI=1S/C22H22ClN3O3S2/c1-3-30-19-7-4-15(5-8-19)17-10-18(13-25-12-17)22(27)26-14-16-6-9-20(11-21(16)23)31(28,29)24-2/h4-13,24H,3,14H2,1-2H3,(H,26,27). The van der Waals surface area contributed by atoms with E-state index in [2.05, 4.69) is 34.1 Å². The van der Waals surface area contributed by atoms with E-state index in [1.54, 1.807) is 30.1 Å². The minimum atomic E-state index is -3.58. The number of nitrogens with one attached hydrogen (secondary N) is 2. The Morgan fingerprint density at radius 3 is 2.45 bits per heavy atom. The second kappa shape index (κ2) is 10.3. The van der Waals surface area contributed by atoms with Crippen molar-refractivity contribution in [3.8, 4) is 11.1 Å². The molecular formula is C22H22ClN3O3S2. The van der Waals surface area contributed by atoms with Crippen LogP contribution in [0.15, 0.2) is 70.7 Å². The summed E-state index contributed by atoms with van der Waals surface area (Å²) in [6, 6.07) is 14.3. The third kappa shape index (κ3) is 5.86. The Kier molecular flexibility index (Phi) is 7.72. The van der Waals surface area contributed by atoms with Crippen molar-refractivity contribution in [1.82, 2.24) is 15.0 Å². The molecule has 0 saturated heterocycles. The van der Waals surface area contributed by atoms with Gasteiger partial charge < -0.3 is 5.32 Å². The summed E-state index contributed by atoms with van der Waals surface area (Å²) in [5.41, 5.74) is 2.86. The van der Waals surface area contributed by atoms with Gasteiger partial charge in [0.1, 0.15) is 0 Å². The molecule has 0 spiro atoms. The Hall–Kier alpha value is -2.39. The van der Waals surface area contributed by atoms with Crippen LogP contribution in [0.1, 0.15) is 22.8 Å². The van der Waals surface area contributed by atoms with Crippen molar-refractivity contribution in [3.05, 3.63) is 77.1 Å². The number of carbonyl (C=O) groups excluding carboxylic acids is 1. The van der Waals surface area contributed by atoms with Crippen molar-refractivity contribution in [3.63, 3.8) is 0 Å². The van der Waals surface area contributed by atoms with Crippen LogP contribution in [0.3, 0.4) is 0 Å². The normalized spacial score (nSPS) is 11.3. The van der Waals surface area contributed by atoms with Crippen LogP contribution in [0.25, 0.3) is 11.1 Å². The van der Waals surface area contributed by atoms with Gasteiger partial charge in [-0.1, -0.05) is 36.7 Å². The summed E-state index contributed by atoms with van der Waals surface area (Å²) in [5.74, 6) is 0.713. The predicted molar refractivity (Wildman–Crippen MR) is 125 cm³/mol. The molecule has 0 aliphatic carbocycles. The van der Waals surface area contributed by atoms with Gasteiger partial charge in [0, 0.05) is 34.4 Å². The number of halogens is 1. The molecular weight excluding hydrogens is 454 g/mol. The summed E-state index contributed by atoms with van der Waals surface area (Å²) in [5, 5.41) is 3.06. The smallest absolute Gasteiger partial charge is 0.253 e. The van der Waals surface area contributed by atoms with E-state index in [1.165, 1.54) is 30.3 Å². The molecule has 0 radical (unpaired) electrons. The summed E-state index contributed by atoms with van der Waals surface area (Å²) in [6.45, 7) is 2.27. The maximum atomic E-state index is 12.6. The summed E-state index contributed by atoms with van der Waals surface area (Å²) >= 11 is 7.97. The van der Waals surface area contributed by atoms with Gasteiger partial charge in [-0.25, -0.2) is 13.1 Å². The lowest BCUT2D eigenvalue weighted by Gasteiger charge is -2.10. The number of carbonyl (C=O) groups is 1. The minimum absolute atomic E-state index is 0.0651. The fourth-order valence-electron chi connectivity index (χ4n) is 2.87. The molecule has 9 heteroatoms. The Morgan fingerprint density at radius 1 is 1.06 bits per heavy atom. The van der Waals surface area contributed by atoms with Gasteiger partial charge in [-0.15, -0.1) is 11.8 Å². The molecule has 162 valence electrons. The highest BCUT2D eigenvalue weighted by Crippen LogP contribution is 2.24. The third-order valence-electron chi connectivity index (χ3n) is 4.54. The highest BCUT2D eigenvalue weighted by Gasteiger charge is 2.14. The molecule has 1 aromatic heterocycles. The molecule has 0 aliphatic rings. The number of aromatic nitrogens is 1. The number of amides is 1. The first kappa shape index (κ1) is 23.3. The summed E-state index contributed by atoms with van der Waals surface area (Å²) in [7, 11) is -2.25. The zero-order valence-electron chi connectivity index (χ0n) is 17.1. The number of benzene rings is 2. The van der Waals surface area contributed by atoms with Crippen molar-refractivity contribution < 1.29 is 13.2 Å². The van der Waals surface area contributed by atoms with E-state index >= 15 is 0 Å². The van der Waals surface area contributed by atoms with Gasteiger partial charge in [0.05, 0.1) is 10.5 Å². The zero-order chi connectivity index (χ0) is 22.4. The molecule has 0 saturated carbocycles. The second-order valence-corrected chi connectivity index (χ2v) is 10.2. The van der Waals surface area contributed by atoms with Gasteiger partial charge in [0.2, 0.25) is 10.0 Å². The molecule has 0 unspecified atom stereocenters. The average Bonchev–Trinajstić information content (AvgIpc) is 2.78. The quantitative estimate of drug-likeness (QED) is 0.473. The maximum Gasteiger partial charge on any atom is 0.253 e. The first-order valence-electron chi connectivity index (χ1n) is 9.52. The molecule has 0 fully saturated rings. The fourth-order valence-corrected chi connectivity index (χ4v) is 4.60. The Labute approximate surface area is 191 Å². The number of sulfonamides is 1. The van der Waals surface area contributed by atoms with Crippen LogP contribution >= 0.6 is 23.4 Å². The van der Waals surface area contributed by atoms with Crippen LogP contribution in [-0.2, 0) is 16.6 Å². The molecule has 0 atom stereocenters. The van der Waals surface area contributed by atoms with Gasteiger partial charge in [-0.2, -0.15) is 0 Å². The van der Waals surface area contributed by atoms with Crippen LogP contribution in [0.5, 0.6) is 0 Å². The van der Waals surface area contributed by atoms with Gasteiger partial charge in [-0.3, -0.25) is 9.78 Å². The van der Waals surface area contributed by atoms with E-state index in [0.29, 0.717) is 11.1 Å². The van der Waals surface area contributed by atoms with E-state index in [1.807, 2.05) is 12.1 Å². The van der Waals surface area contributed by atoms with Crippen LogP contribution < -0.4 is 10.0 Å². The van der Waals surface area contributed by atoms with E-state index in [-0.39, 0.29) is 22.4 Å². The van der Waals surface area contributed by atoms with E-state index in [9.17, 15) is 13.2 Å². The molecule has 1 amide bonds. The van der Waals surface area contributed by atoms with Crippen molar-refractivity contribution in [1.29, 1.82) is 0 Å². The Balaban J connectivity index is 1.71. The number of pyridine rings is 1. The van der Waals surface area contributed by atoms with Crippen LogP contribution in [-0.4, -0.2) is 32.1 Å². The molecule has 0 bridgehead atoms. The Bertz CT molecular complexity index is 1180. The third-order valence-corrected chi connectivity index (χ3v) is 7.20. The minimum Gasteiger partial charge on any atom is -0.348 e. The van der Waals surface area contributed by atoms with Crippen LogP contribution in [0.4, 0.5) is 0 Å². The largest absolute Gasteiger partial charge is 0.348 e. The van der Waals surface area contributed by atoms with Gasteiger partial charge in [-0.05, 0) is 54.3 Å². The number of thioether (sulfide) groups is 1. The maximum absolute atomic E-state index is 12.6. The highest BCUT2D eigenvalue weighted by molar-refractivity contribution is 7.99. The lowest BCUT2D eigenvalue weighted by molar-refractivity contribution is 0.0950. The zero-order valence-corrected chi connectivity index (χ0v) is 19.4. The van der Waals surface area contributed by atoms with E-state index in [0.717, 1.165) is 16.9 Å². The van der Waals surface area contributed by atoms with Crippen LogP contribution in [0.2, 0.25) is 5.02 Å². The lowest BCUT2D eigenvalue weighted by atomic mass is 10.1. The van der Waals surface area contributed by atoms with Crippen molar-refractivity contribution >= 4 is 39.3 Å². The first-order valence-corrected chi connectivity index (χ1v) is 12.4. The van der Waals surface area contributed by atoms with Gasteiger partial charge in [0.25, 0.3) is 5.91 Å². The number of nitrogens with zero attached hydrogens (tertiary/aromatic N) is 1. The van der Waals surface area contributed by atoms with Crippen LogP contribution in [0, 0.1) is 0 Å². The molecule has 1 heterocycles. The SMILES string of the molecule is CCSc1ccc(-c2cncc(C(=O)NCc3ccc(S(=O)(=O)NC)cc3Cl)c2)cc1. The number of rotatable bonds is 8. The fraction of sp³-hybridized carbons (Fsp3) is 0.182. The van der Waals surface area contributed by atoms with Gasteiger partial charge >= 0.3 is 0 Å². The number of hydrogen-bond acceptors (Lipinski definition) is 5. The van der Waals surface area contributed by atoms with Crippen molar-refractivity contribution in [2.45, 2.75) is 23.3 Å². The molecule has 31 heavy (non-hydrogen) atoms. The monoisotopic (exact) mass is 475 g/mol.